The second-order valence-corrected chi connectivity index (χ2v) is 7.30. The average Bonchev–Trinajstić information content (AvgIpc) is 2.68. The summed E-state index contributed by atoms with van der Waals surface area (Å²) in [6.07, 6.45) is 0.835. The van der Waals surface area contributed by atoms with Gasteiger partial charge in [-0.1, -0.05) is 66.4 Å². The van der Waals surface area contributed by atoms with Crippen LogP contribution in [0.15, 0.2) is 65.8 Å². The Morgan fingerprint density at radius 1 is 1.00 bits per heavy atom. The van der Waals surface area contributed by atoms with Crippen LogP contribution >= 0.6 is 11.8 Å². The van der Waals surface area contributed by atoms with Gasteiger partial charge >= 0.3 is 0 Å². The van der Waals surface area contributed by atoms with Crippen LogP contribution in [0.3, 0.4) is 0 Å². The Balaban J connectivity index is 1.53. The first-order valence-corrected chi connectivity index (χ1v) is 9.95. The van der Waals surface area contributed by atoms with Crippen molar-refractivity contribution in [2.24, 2.45) is 0 Å². The first kappa shape index (κ1) is 19.1. The molecule has 0 radical (unpaired) electrons. The fourth-order valence-electron chi connectivity index (χ4n) is 2.77. The average molecular weight is 378 g/mol. The van der Waals surface area contributed by atoms with Gasteiger partial charge in [0.15, 0.2) is 5.16 Å². The lowest BCUT2D eigenvalue weighted by Gasteiger charge is -2.08. The number of rotatable bonds is 7. The molecule has 27 heavy (non-hydrogen) atoms. The van der Waals surface area contributed by atoms with E-state index < -0.39 is 0 Å². The van der Waals surface area contributed by atoms with Crippen molar-refractivity contribution in [1.82, 2.24) is 15.3 Å². The maximum Gasteiger partial charge on any atom is 0.230 e. The zero-order valence-electron chi connectivity index (χ0n) is 15.6. The van der Waals surface area contributed by atoms with Crippen molar-refractivity contribution in [2.45, 2.75) is 25.4 Å². The quantitative estimate of drug-likeness (QED) is 0.495. The van der Waals surface area contributed by atoms with Gasteiger partial charge in [0.2, 0.25) is 5.91 Å². The van der Waals surface area contributed by atoms with E-state index in [4.69, 9.17) is 0 Å². The third-order valence-electron chi connectivity index (χ3n) is 4.21. The minimum Gasteiger partial charge on any atom is -0.355 e. The molecule has 5 heteroatoms. The standard InChI is InChI=1S/C22H23N3OS/c1-16-8-6-7-9-18(16)12-13-23-21(26)15-27-22-24-17(2)14-20(25-22)19-10-4-3-5-11-19/h3-11,14H,12-13,15H2,1-2H3,(H,23,26). The highest BCUT2D eigenvalue weighted by Gasteiger charge is 2.08. The maximum absolute atomic E-state index is 12.1. The molecule has 0 unspecified atom stereocenters. The van der Waals surface area contributed by atoms with E-state index in [-0.39, 0.29) is 5.91 Å². The molecule has 3 rings (SSSR count). The monoisotopic (exact) mass is 377 g/mol. The van der Waals surface area contributed by atoms with Gasteiger partial charge < -0.3 is 5.32 Å². The minimum absolute atomic E-state index is 0.0000450. The highest BCUT2D eigenvalue weighted by atomic mass is 32.2. The number of aromatic nitrogens is 2. The third-order valence-corrected chi connectivity index (χ3v) is 5.06. The summed E-state index contributed by atoms with van der Waals surface area (Å²) in [4.78, 5) is 21.2. The molecule has 3 aromatic rings. The van der Waals surface area contributed by atoms with Crippen LogP contribution in [0.4, 0.5) is 0 Å². The van der Waals surface area contributed by atoms with Crippen LogP contribution in [0.5, 0.6) is 0 Å². The van der Waals surface area contributed by atoms with Crippen molar-refractivity contribution >= 4 is 17.7 Å². The van der Waals surface area contributed by atoms with Crippen LogP contribution in [0.25, 0.3) is 11.3 Å². The van der Waals surface area contributed by atoms with Gasteiger partial charge in [0.05, 0.1) is 11.4 Å². The SMILES string of the molecule is Cc1cc(-c2ccccc2)nc(SCC(=O)NCCc2ccccc2C)n1. The van der Waals surface area contributed by atoms with E-state index in [9.17, 15) is 4.79 Å². The molecule has 138 valence electrons. The molecule has 1 aromatic heterocycles. The molecule has 0 spiro atoms. The molecule has 0 aliphatic heterocycles. The van der Waals surface area contributed by atoms with Crippen LogP contribution in [0, 0.1) is 13.8 Å². The highest BCUT2D eigenvalue weighted by molar-refractivity contribution is 7.99. The van der Waals surface area contributed by atoms with E-state index in [2.05, 4.69) is 34.3 Å². The van der Waals surface area contributed by atoms with Gasteiger partial charge in [-0.15, -0.1) is 0 Å². The predicted molar refractivity (Wildman–Crippen MR) is 111 cm³/mol. The summed E-state index contributed by atoms with van der Waals surface area (Å²) < 4.78 is 0. The predicted octanol–water partition coefficient (Wildman–Crippen LogP) is 4.21. The number of aryl methyl sites for hydroxylation is 2. The lowest BCUT2D eigenvalue weighted by Crippen LogP contribution is -2.27. The molecule has 0 aliphatic rings. The van der Waals surface area contributed by atoms with Crippen LogP contribution in [0.2, 0.25) is 0 Å². The summed E-state index contributed by atoms with van der Waals surface area (Å²) in [5, 5.41) is 3.60. The number of hydrogen-bond donors (Lipinski definition) is 1. The molecular weight excluding hydrogens is 354 g/mol. The topological polar surface area (TPSA) is 54.9 Å². The van der Waals surface area contributed by atoms with Gasteiger partial charge in [-0.3, -0.25) is 4.79 Å². The van der Waals surface area contributed by atoms with Gasteiger partial charge in [-0.05, 0) is 37.5 Å². The van der Waals surface area contributed by atoms with Crippen LogP contribution in [-0.4, -0.2) is 28.2 Å². The Bertz CT molecular complexity index is 912. The largest absolute Gasteiger partial charge is 0.355 e. The van der Waals surface area contributed by atoms with Crippen molar-refractivity contribution < 1.29 is 4.79 Å². The van der Waals surface area contributed by atoms with E-state index in [1.54, 1.807) is 0 Å². The lowest BCUT2D eigenvalue weighted by atomic mass is 10.1. The first-order chi connectivity index (χ1) is 13.1. The van der Waals surface area contributed by atoms with Crippen molar-refractivity contribution in [2.75, 3.05) is 12.3 Å². The number of nitrogens with one attached hydrogen (secondary N) is 1. The molecule has 0 saturated heterocycles. The summed E-state index contributed by atoms with van der Waals surface area (Å²) in [6.45, 7) is 4.67. The van der Waals surface area contributed by atoms with Crippen molar-refractivity contribution in [3.8, 4) is 11.3 Å². The zero-order chi connectivity index (χ0) is 19.1. The molecule has 0 fully saturated rings. The second-order valence-electron chi connectivity index (χ2n) is 6.36. The number of amides is 1. The Kier molecular flexibility index (Phi) is 6.60. The van der Waals surface area contributed by atoms with Gasteiger partial charge in [0, 0.05) is 17.8 Å². The number of thioether (sulfide) groups is 1. The van der Waals surface area contributed by atoms with E-state index in [0.29, 0.717) is 17.5 Å². The summed E-state index contributed by atoms with van der Waals surface area (Å²) >= 11 is 1.37. The van der Waals surface area contributed by atoms with Crippen LogP contribution < -0.4 is 5.32 Å². The van der Waals surface area contributed by atoms with Gasteiger partial charge in [-0.25, -0.2) is 9.97 Å². The Hall–Kier alpha value is -2.66. The zero-order valence-corrected chi connectivity index (χ0v) is 16.4. The minimum atomic E-state index is -0.0000450. The van der Waals surface area contributed by atoms with Gasteiger partial charge in [0.1, 0.15) is 0 Å². The fourth-order valence-corrected chi connectivity index (χ4v) is 3.50. The number of benzene rings is 2. The normalized spacial score (nSPS) is 10.6. The molecule has 1 amide bonds. The molecule has 1 N–H and O–H groups in total. The number of carbonyl (C=O) groups excluding carboxylic acids is 1. The molecule has 4 nitrogen and oxygen atoms in total. The Morgan fingerprint density at radius 3 is 2.52 bits per heavy atom. The summed E-state index contributed by atoms with van der Waals surface area (Å²) in [5.41, 5.74) is 5.34. The molecule has 0 aliphatic carbocycles. The van der Waals surface area contributed by atoms with E-state index in [0.717, 1.165) is 23.4 Å². The molecule has 2 aromatic carbocycles. The second kappa shape index (κ2) is 9.33. The smallest absolute Gasteiger partial charge is 0.230 e. The lowest BCUT2D eigenvalue weighted by molar-refractivity contribution is -0.118. The third kappa shape index (κ3) is 5.66. The highest BCUT2D eigenvalue weighted by Crippen LogP contribution is 2.21. The molecule has 0 atom stereocenters. The van der Waals surface area contributed by atoms with Crippen LogP contribution in [-0.2, 0) is 11.2 Å². The molecule has 0 bridgehead atoms. The summed E-state index contributed by atoms with van der Waals surface area (Å²) in [5.74, 6) is 0.311. The molecule has 1 heterocycles. The first-order valence-electron chi connectivity index (χ1n) is 8.97. The van der Waals surface area contributed by atoms with E-state index in [1.807, 2.05) is 55.5 Å². The van der Waals surface area contributed by atoms with Crippen molar-refractivity contribution in [3.05, 3.63) is 77.5 Å². The fraction of sp³-hybridized carbons (Fsp3) is 0.227. The molecule has 0 saturated carbocycles. The molecular formula is C22H23N3OS. The maximum atomic E-state index is 12.1. The Morgan fingerprint density at radius 2 is 1.74 bits per heavy atom. The van der Waals surface area contributed by atoms with Gasteiger partial charge in [0.25, 0.3) is 0 Å². The van der Waals surface area contributed by atoms with Gasteiger partial charge in [-0.2, -0.15) is 0 Å². The van der Waals surface area contributed by atoms with Crippen LogP contribution in [0.1, 0.15) is 16.8 Å². The van der Waals surface area contributed by atoms with E-state index >= 15 is 0 Å². The number of hydrogen-bond acceptors (Lipinski definition) is 4. The Labute approximate surface area is 164 Å². The summed E-state index contributed by atoms with van der Waals surface area (Å²) in [6, 6.07) is 20.2. The van der Waals surface area contributed by atoms with Crippen molar-refractivity contribution in [3.63, 3.8) is 0 Å². The number of carbonyl (C=O) groups is 1. The van der Waals surface area contributed by atoms with E-state index in [1.165, 1.54) is 22.9 Å². The van der Waals surface area contributed by atoms with Crippen molar-refractivity contribution in [1.29, 1.82) is 0 Å². The number of nitrogens with zero attached hydrogens (tertiary/aromatic N) is 2. The summed E-state index contributed by atoms with van der Waals surface area (Å²) in [7, 11) is 0.